The van der Waals surface area contributed by atoms with Gasteiger partial charge in [-0.15, -0.1) is 6.42 Å². The van der Waals surface area contributed by atoms with Crippen LogP contribution in [0.3, 0.4) is 0 Å². The van der Waals surface area contributed by atoms with E-state index in [9.17, 15) is 4.79 Å². The number of rotatable bonds is 1. The number of hydrogen-bond acceptors (Lipinski definition) is 3. The number of carbonyl (C=O) groups is 1. The number of terminal acetylenes is 1. The fourth-order valence-electron chi connectivity index (χ4n) is 1.01. The number of aliphatic hydroxyl groups excluding tert-OH is 1. The number of carbonyl (C=O) groups excluding carboxylic acids is 1. The number of nitrogens with zero attached hydrogens (tertiary/aromatic N) is 1. The summed E-state index contributed by atoms with van der Waals surface area (Å²) in [5, 5.41) is 17.5. The Morgan fingerprint density at radius 3 is 2.85 bits per heavy atom. The first-order chi connectivity index (χ1) is 6.17. The maximum Gasteiger partial charge on any atom is 0.195 e. The van der Waals surface area contributed by atoms with E-state index in [0.717, 1.165) is 0 Å². The van der Waals surface area contributed by atoms with E-state index >= 15 is 0 Å². The summed E-state index contributed by atoms with van der Waals surface area (Å²) < 4.78 is 0. The molecule has 0 saturated carbocycles. The first kappa shape index (κ1) is 9.25. The molecule has 0 amide bonds. The van der Waals surface area contributed by atoms with E-state index < -0.39 is 5.41 Å². The molecule has 1 atom stereocenters. The average molecular weight is 173 g/mol. The summed E-state index contributed by atoms with van der Waals surface area (Å²) in [5.74, 6) is 1.96. The van der Waals surface area contributed by atoms with E-state index in [4.69, 9.17) is 16.8 Å². The van der Waals surface area contributed by atoms with Crippen molar-refractivity contribution < 1.29 is 9.90 Å². The van der Waals surface area contributed by atoms with Crippen LogP contribution in [0.15, 0.2) is 23.8 Å². The Morgan fingerprint density at radius 1 is 1.69 bits per heavy atom. The molecule has 0 aromatic heterocycles. The molecule has 0 aromatic rings. The van der Waals surface area contributed by atoms with Crippen LogP contribution in [0.25, 0.3) is 0 Å². The summed E-state index contributed by atoms with van der Waals surface area (Å²) >= 11 is 0. The highest BCUT2D eigenvalue weighted by Gasteiger charge is 2.27. The minimum Gasteiger partial charge on any atom is -0.394 e. The topological polar surface area (TPSA) is 61.1 Å². The average Bonchev–Trinajstić information content (AvgIpc) is 2.19. The van der Waals surface area contributed by atoms with Gasteiger partial charge in [0.15, 0.2) is 5.78 Å². The Hall–Kier alpha value is -1.84. The molecule has 0 aliphatic heterocycles. The van der Waals surface area contributed by atoms with Gasteiger partial charge in [-0.05, 0) is 12.2 Å². The standard InChI is InChI=1S/C10H7NO2/c1-2-10(7-12)4-3-9(13)8(5-10)6-11/h1,3-5,12H,7H2. The van der Waals surface area contributed by atoms with Gasteiger partial charge >= 0.3 is 0 Å². The van der Waals surface area contributed by atoms with Crippen LogP contribution < -0.4 is 0 Å². The molecule has 0 aromatic carbocycles. The lowest BCUT2D eigenvalue weighted by atomic mass is 9.83. The second kappa shape index (κ2) is 3.26. The number of nitriles is 1. The second-order valence-electron chi connectivity index (χ2n) is 2.71. The normalized spacial score (nSPS) is 26.1. The highest BCUT2D eigenvalue weighted by atomic mass is 16.3. The quantitative estimate of drug-likeness (QED) is 0.575. The van der Waals surface area contributed by atoms with Gasteiger partial charge < -0.3 is 5.11 Å². The Labute approximate surface area is 76.0 Å². The Morgan fingerprint density at radius 2 is 2.38 bits per heavy atom. The third kappa shape index (κ3) is 1.51. The molecular weight excluding hydrogens is 166 g/mol. The van der Waals surface area contributed by atoms with Crippen LogP contribution in [-0.4, -0.2) is 17.5 Å². The molecule has 0 bridgehead atoms. The minimum absolute atomic E-state index is 0.0190. The third-order valence-electron chi connectivity index (χ3n) is 1.85. The maximum atomic E-state index is 11.0. The molecule has 64 valence electrons. The maximum absolute atomic E-state index is 11.0. The number of ketones is 1. The summed E-state index contributed by atoms with van der Waals surface area (Å²) in [6, 6.07) is 1.73. The van der Waals surface area contributed by atoms with Gasteiger partial charge in [-0.3, -0.25) is 4.79 Å². The SMILES string of the molecule is C#CC1(CO)C=CC(=O)C(C#N)=C1. The minimum atomic E-state index is -0.987. The molecule has 3 nitrogen and oxygen atoms in total. The second-order valence-corrected chi connectivity index (χ2v) is 2.71. The molecule has 1 aliphatic carbocycles. The summed E-state index contributed by atoms with van der Waals surface area (Å²) in [7, 11) is 0. The Kier molecular flexibility index (Phi) is 2.32. The monoisotopic (exact) mass is 173 g/mol. The van der Waals surface area contributed by atoms with Crippen LogP contribution >= 0.6 is 0 Å². The lowest BCUT2D eigenvalue weighted by molar-refractivity contribution is -0.111. The molecule has 1 aliphatic rings. The molecule has 0 saturated heterocycles. The van der Waals surface area contributed by atoms with Crippen molar-refractivity contribution in [1.29, 1.82) is 5.26 Å². The zero-order chi connectivity index (χ0) is 9.90. The Balaban J connectivity index is 3.17. The molecule has 0 spiro atoms. The molecule has 1 unspecified atom stereocenters. The lowest BCUT2D eigenvalue weighted by Gasteiger charge is -2.20. The highest BCUT2D eigenvalue weighted by molar-refractivity contribution is 6.08. The van der Waals surface area contributed by atoms with E-state index in [1.54, 1.807) is 6.07 Å². The smallest absolute Gasteiger partial charge is 0.195 e. The van der Waals surface area contributed by atoms with Crippen molar-refractivity contribution in [2.75, 3.05) is 6.61 Å². The van der Waals surface area contributed by atoms with Crippen molar-refractivity contribution in [2.45, 2.75) is 0 Å². The zero-order valence-electron chi connectivity index (χ0n) is 6.82. The van der Waals surface area contributed by atoms with Gasteiger partial charge in [0.25, 0.3) is 0 Å². The van der Waals surface area contributed by atoms with Crippen LogP contribution in [0, 0.1) is 29.1 Å². The van der Waals surface area contributed by atoms with Crippen molar-refractivity contribution in [1.82, 2.24) is 0 Å². The van der Waals surface area contributed by atoms with Gasteiger partial charge in [0.05, 0.1) is 17.6 Å². The molecule has 0 fully saturated rings. The van der Waals surface area contributed by atoms with Crippen LogP contribution in [0.2, 0.25) is 0 Å². The van der Waals surface area contributed by atoms with E-state index in [1.807, 2.05) is 0 Å². The van der Waals surface area contributed by atoms with E-state index in [0.29, 0.717) is 0 Å². The summed E-state index contributed by atoms with van der Waals surface area (Å²) in [4.78, 5) is 11.0. The van der Waals surface area contributed by atoms with Gasteiger partial charge in [0.1, 0.15) is 6.07 Å². The molecule has 1 N–H and O–H groups in total. The Bertz CT molecular complexity index is 379. The summed E-state index contributed by atoms with van der Waals surface area (Å²) in [6.07, 6.45) is 9.14. The molecule has 0 heterocycles. The first-order valence-corrected chi connectivity index (χ1v) is 3.62. The highest BCUT2D eigenvalue weighted by Crippen LogP contribution is 2.25. The van der Waals surface area contributed by atoms with Gasteiger partial charge in [-0.1, -0.05) is 12.0 Å². The molecule has 13 heavy (non-hydrogen) atoms. The van der Waals surface area contributed by atoms with Gasteiger partial charge in [-0.25, -0.2) is 0 Å². The van der Waals surface area contributed by atoms with Crippen molar-refractivity contribution in [3.63, 3.8) is 0 Å². The number of allylic oxidation sites excluding steroid dienone is 2. The van der Waals surface area contributed by atoms with Crippen LogP contribution in [-0.2, 0) is 4.79 Å². The van der Waals surface area contributed by atoms with E-state index in [-0.39, 0.29) is 18.0 Å². The fourth-order valence-corrected chi connectivity index (χ4v) is 1.01. The van der Waals surface area contributed by atoms with Gasteiger partial charge in [-0.2, -0.15) is 5.26 Å². The van der Waals surface area contributed by atoms with Gasteiger partial charge in [0.2, 0.25) is 0 Å². The molecular formula is C10H7NO2. The molecule has 3 heteroatoms. The molecule has 1 rings (SSSR count). The van der Waals surface area contributed by atoms with Gasteiger partial charge in [0, 0.05) is 0 Å². The van der Waals surface area contributed by atoms with Crippen molar-refractivity contribution in [3.05, 3.63) is 23.8 Å². The molecule has 0 radical (unpaired) electrons. The summed E-state index contributed by atoms with van der Waals surface area (Å²) in [6.45, 7) is -0.307. The number of aliphatic hydroxyl groups is 1. The van der Waals surface area contributed by atoms with Crippen molar-refractivity contribution in [2.24, 2.45) is 5.41 Å². The lowest BCUT2D eigenvalue weighted by Crippen LogP contribution is -2.22. The zero-order valence-corrected chi connectivity index (χ0v) is 6.82. The van der Waals surface area contributed by atoms with Crippen LogP contribution in [0.4, 0.5) is 0 Å². The first-order valence-electron chi connectivity index (χ1n) is 3.62. The predicted octanol–water partition coefficient (Wildman–Crippen LogP) is 0.187. The van der Waals surface area contributed by atoms with Crippen molar-refractivity contribution >= 4 is 5.78 Å². The van der Waals surface area contributed by atoms with Crippen molar-refractivity contribution in [3.8, 4) is 18.4 Å². The van der Waals surface area contributed by atoms with E-state index in [2.05, 4.69) is 5.92 Å². The van der Waals surface area contributed by atoms with E-state index in [1.165, 1.54) is 18.2 Å². The van der Waals surface area contributed by atoms with Crippen LogP contribution in [0.5, 0.6) is 0 Å². The van der Waals surface area contributed by atoms with Crippen LogP contribution in [0.1, 0.15) is 0 Å². The largest absolute Gasteiger partial charge is 0.394 e. The number of hydrogen-bond donors (Lipinski definition) is 1. The fraction of sp³-hybridized carbons (Fsp3) is 0.200. The third-order valence-corrected chi connectivity index (χ3v) is 1.85. The predicted molar refractivity (Wildman–Crippen MR) is 46.2 cm³/mol. The summed E-state index contributed by atoms with van der Waals surface area (Å²) in [5.41, 5.74) is -1.01.